The van der Waals surface area contributed by atoms with Gasteiger partial charge in [0, 0.05) is 12.6 Å². The van der Waals surface area contributed by atoms with E-state index >= 15 is 0 Å². The first-order chi connectivity index (χ1) is 8.45. The number of benzene rings is 1. The summed E-state index contributed by atoms with van der Waals surface area (Å²) in [4.78, 5) is 12.4. The van der Waals surface area contributed by atoms with Crippen molar-refractivity contribution in [3.8, 4) is 0 Å². The molecule has 0 amide bonds. The molecule has 0 saturated heterocycles. The summed E-state index contributed by atoms with van der Waals surface area (Å²) < 4.78 is 26.0. The molecule has 0 spiro atoms. The fourth-order valence-electron chi connectivity index (χ4n) is 1.85. The van der Waals surface area contributed by atoms with Crippen LogP contribution in [0.15, 0.2) is 18.2 Å². The van der Waals surface area contributed by atoms with Crippen LogP contribution in [0.3, 0.4) is 0 Å². The van der Waals surface area contributed by atoms with Crippen molar-refractivity contribution in [2.75, 3.05) is 13.1 Å². The highest BCUT2D eigenvalue weighted by molar-refractivity contribution is 5.66. The van der Waals surface area contributed by atoms with E-state index in [0.717, 1.165) is 12.1 Å². The molecule has 1 atom stereocenters. The third-order valence-electron chi connectivity index (χ3n) is 2.99. The van der Waals surface area contributed by atoms with E-state index in [1.165, 1.54) is 6.07 Å². The van der Waals surface area contributed by atoms with Crippen molar-refractivity contribution in [2.24, 2.45) is 0 Å². The molecular weight excluding hydrogens is 240 g/mol. The molecule has 1 N–H and O–H groups in total. The number of carboxylic acids is 1. The van der Waals surface area contributed by atoms with E-state index in [0.29, 0.717) is 18.7 Å². The first kappa shape index (κ1) is 14.6. The van der Waals surface area contributed by atoms with Crippen LogP contribution in [0.4, 0.5) is 8.78 Å². The van der Waals surface area contributed by atoms with Crippen molar-refractivity contribution < 1.29 is 18.7 Å². The molecule has 100 valence electrons. The summed E-state index contributed by atoms with van der Waals surface area (Å²) in [5.74, 6) is -2.63. The van der Waals surface area contributed by atoms with Gasteiger partial charge in [-0.15, -0.1) is 0 Å². The second-order valence-electron chi connectivity index (χ2n) is 4.12. The summed E-state index contributed by atoms with van der Waals surface area (Å²) in [5.41, 5.74) is 0.640. The standard InChI is InChI=1S/C13H17F2NO2/c1-3-16(7-6-13(17)18)9(2)10-4-5-11(14)12(15)8-10/h4-5,8-9H,3,6-7H2,1-2H3,(H,17,18). The second kappa shape index (κ2) is 6.44. The maximum absolute atomic E-state index is 13.1. The summed E-state index contributed by atoms with van der Waals surface area (Å²) >= 11 is 0. The van der Waals surface area contributed by atoms with E-state index in [-0.39, 0.29) is 12.5 Å². The number of hydrogen-bond donors (Lipinski definition) is 1. The van der Waals surface area contributed by atoms with Gasteiger partial charge in [0.2, 0.25) is 0 Å². The van der Waals surface area contributed by atoms with Crippen molar-refractivity contribution in [1.82, 2.24) is 4.90 Å². The predicted octanol–water partition coefficient (Wildman–Crippen LogP) is 2.82. The zero-order valence-corrected chi connectivity index (χ0v) is 10.5. The van der Waals surface area contributed by atoms with Gasteiger partial charge in [0.1, 0.15) is 0 Å². The van der Waals surface area contributed by atoms with Crippen LogP contribution in [0, 0.1) is 11.6 Å². The summed E-state index contributed by atoms with van der Waals surface area (Å²) in [6.07, 6.45) is 0.0296. The van der Waals surface area contributed by atoms with Gasteiger partial charge in [0.15, 0.2) is 11.6 Å². The normalized spacial score (nSPS) is 12.7. The van der Waals surface area contributed by atoms with Crippen molar-refractivity contribution >= 4 is 5.97 Å². The average Bonchev–Trinajstić information content (AvgIpc) is 2.32. The molecule has 1 rings (SSSR count). The Kier molecular flexibility index (Phi) is 5.22. The fourth-order valence-corrected chi connectivity index (χ4v) is 1.85. The predicted molar refractivity (Wildman–Crippen MR) is 64.3 cm³/mol. The van der Waals surface area contributed by atoms with Gasteiger partial charge < -0.3 is 5.11 Å². The van der Waals surface area contributed by atoms with Crippen molar-refractivity contribution in [1.29, 1.82) is 0 Å². The van der Waals surface area contributed by atoms with Crippen molar-refractivity contribution in [3.63, 3.8) is 0 Å². The first-order valence-electron chi connectivity index (χ1n) is 5.86. The van der Waals surface area contributed by atoms with Gasteiger partial charge in [-0.1, -0.05) is 13.0 Å². The molecule has 1 unspecified atom stereocenters. The summed E-state index contributed by atoms with van der Waals surface area (Å²) in [6, 6.07) is 3.62. The number of aliphatic carboxylic acids is 1. The third kappa shape index (κ3) is 3.77. The van der Waals surface area contributed by atoms with E-state index in [2.05, 4.69) is 0 Å². The lowest BCUT2D eigenvalue weighted by atomic mass is 10.1. The molecule has 0 fully saturated rings. The molecule has 0 saturated carbocycles. The largest absolute Gasteiger partial charge is 0.481 e. The number of halogens is 2. The van der Waals surface area contributed by atoms with Crippen molar-refractivity contribution in [3.05, 3.63) is 35.4 Å². The van der Waals surface area contributed by atoms with E-state index < -0.39 is 17.6 Å². The van der Waals surface area contributed by atoms with Gasteiger partial charge in [0.05, 0.1) is 6.42 Å². The van der Waals surface area contributed by atoms with E-state index in [4.69, 9.17) is 5.11 Å². The maximum Gasteiger partial charge on any atom is 0.304 e. The Balaban J connectivity index is 2.78. The average molecular weight is 257 g/mol. The monoisotopic (exact) mass is 257 g/mol. The summed E-state index contributed by atoms with van der Waals surface area (Å²) in [6.45, 7) is 4.77. The van der Waals surface area contributed by atoms with Crippen LogP contribution in [0.25, 0.3) is 0 Å². The Morgan fingerprint density at radius 2 is 2.06 bits per heavy atom. The molecule has 0 aliphatic rings. The summed E-state index contributed by atoms with van der Waals surface area (Å²) in [5, 5.41) is 8.65. The molecular formula is C13H17F2NO2. The van der Waals surface area contributed by atoms with E-state index in [1.54, 1.807) is 0 Å². The second-order valence-corrected chi connectivity index (χ2v) is 4.12. The topological polar surface area (TPSA) is 40.5 Å². The Morgan fingerprint density at radius 3 is 2.56 bits per heavy atom. The van der Waals surface area contributed by atoms with Gasteiger partial charge in [-0.3, -0.25) is 9.69 Å². The van der Waals surface area contributed by atoms with Gasteiger partial charge >= 0.3 is 5.97 Å². The Bertz CT molecular complexity index is 423. The molecule has 0 bridgehead atoms. The highest BCUT2D eigenvalue weighted by Crippen LogP contribution is 2.21. The molecule has 5 heteroatoms. The van der Waals surface area contributed by atoms with Crippen LogP contribution < -0.4 is 0 Å². The minimum atomic E-state index is -0.881. The Labute approximate surface area is 105 Å². The lowest BCUT2D eigenvalue weighted by Crippen LogP contribution is -2.29. The highest BCUT2D eigenvalue weighted by Gasteiger charge is 2.16. The van der Waals surface area contributed by atoms with E-state index in [9.17, 15) is 13.6 Å². The minimum Gasteiger partial charge on any atom is -0.481 e. The third-order valence-corrected chi connectivity index (χ3v) is 2.99. The van der Waals surface area contributed by atoms with Crippen LogP contribution in [-0.4, -0.2) is 29.1 Å². The molecule has 0 aromatic heterocycles. The molecule has 1 aromatic carbocycles. The maximum atomic E-state index is 13.1. The lowest BCUT2D eigenvalue weighted by molar-refractivity contribution is -0.137. The van der Waals surface area contributed by atoms with Gasteiger partial charge in [-0.2, -0.15) is 0 Å². The smallest absolute Gasteiger partial charge is 0.304 e. The quantitative estimate of drug-likeness (QED) is 0.852. The van der Waals surface area contributed by atoms with E-state index in [1.807, 2.05) is 18.7 Å². The number of hydrogen-bond acceptors (Lipinski definition) is 2. The summed E-state index contributed by atoms with van der Waals surface area (Å²) in [7, 11) is 0. The van der Waals surface area contributed by atoms with Crippen LogP contribution >= 0.6 is 0 Å². The van der Waals surface area contributed by atoms with Crippen LogP contribution in [0.1, 0.15) is 31.9 Å². The fraction of sp³-hybridized carbons (Fsp3) is 0.462. The van der Waals surface area contributed by atoms with Crippen LogP contribution in [-0.2, 0) is 4.79 Å². The van der Waals surface area contributed by atoms with Gasteiger partial charge in [-0.05, 0) is 31.2 Å². The molecule has 1 aromatic rings. The molecule has 0 radical (unpaired) electrons. The highest BCUT2D eigenvalue weighted by atomic mass is 19.2. The Hall–Kier alpha value is -1.49. The van der Waals surface area contributed by atoms with Crippen LogP contribution in [0.5, 0.6) is 0 Å². The number of carboxylic acid groups (broad SMARTS) is 1. The van der Waals surface area contributed by atoms with Gasteiger partial charge in [0.25, 0.3) is 0 Å². The van der Waals surface area contributed by atoms with Crippen molar-refractivity contribution in [2.45, 2.75) is 26.3 Å². The van der Waals surface area contributed by atoms with Gasteiger partial charge in [-0.25, -0.2) is 8.78 Å². The zero-order chi connectivity index (χ0) is 13.7. The minimum absolute atomic E-state index is 0.0296. The molecule has 0 aliphatic heterocycles. The molecule has 18 heavy (non-hydrogen) atoms. The lowest BCUT2D eigenvalue weighted by Gasteiger charge is -2.27. The first-order valence-corrected chi connectivity index (χ1v) is 5.86. The number of rotatable bonds is 6. The van der Waals surface area contributed by atoms with Crippen LogP contribution in [0.2, 0.25) is 0 Å². The Morgan fingerprint density at radius 1 is 1.39 bits per heavy atom. The molecule has 0 heterocycles. The zero-order valence-electron chi connectivity index (χ0n) is 10.5. The molecule has 0 aliphatic carbocycles. The SMILES string of the molecule is CCN(CCC(=O)O)C(C)c1ccc(F)c(F)c1. The molecule has 3 nitrogen and oxygen atoms in total. The number of carbonyl (C=O) groups is 1. The number of nitrogens with zero attached hydrogens (tertiary/aromatic N) is 1.